The molecule has 2 aliphatic rings. The van der Waals surface area contributed by atoms with E-state index in [1.165, 1.54) is 26.0 Å². The number of hydrogen-bond acceptors (Lipinski definition) is 4. The van der Waals surface area contributed by atoms with Gasteiger partial charge in [0, 0.05) is 25.2 Å². The number of fused-ring (bicyclic) bond motifs is 1. The lowest BCUT2D eigenvalue weighted by Crippen LogP contribution is -2.51. The summed E-state index contributed by atoms with van der Waals surface area (Å²) >= 11 is 0. The fourth-order valence-corrected chi connectivity index (χ4v) is 6.13. The number of nitrogens with zero attached hydrogens (tertiary/aromatic N) is 1. The summed E-state index contributed by atoms with van der Waals surface area (Å²) < 4.78 is 60.4. The van der Waals surface area contributed by atoms with Gasteiger partial charge in [0.1, 0.15) is 23.0 Å². The van der Waals surface area contributed by atoms with Gasteiger partial charge in [-0.05, 0) is 85.9 Å². The van der Waals surface area contributed by atoms with Crippen molar-refractivity contribution in [2.75, 3.05) is 19.6 Å². The zero-order valence-corrected chi connectivity index (χ0v) is 22.3. The van der Waals surface area contributed by atoms with Crippen molar-refractivity contribution in [2.24, 2.45) is 5.41 Å². The van der Waals surface area contributed by atoms with Gasteiger partial charge in [0.2, 0.25) is 0 Å². The Hall–Kier alpha value is -1.99. The smallest absolute Gasteiger partial charge is 0.156 e. The van der Waals surface area contributed by atoms with Crippen LogP contribution in [-0.4, -0.2) is 43.8 Å². The van der Waals surface area contributed by atoms with Crippen molar-refractivity contribution < 1.29 is 21.9 Å². The van der Waals surface area contributed by atoms with Crippen molar-refractivity contribution in [1.82, 2.24) is 4.90 Å². The largest absolute Gasteiger partial charge is 0.487 e. The molecule has 4 rings (SSSR count). The second kappa shape index (κ2) is 9.47. The molecular weight excluding hydrogens is 468 g/mol. The SMILES string of the molecule is CC(C)S(=O)(=O)Cc1c(F)cc(-c2ccc3c(c2)CCC2(CCN(CC(C)(C)C)CC2)O3)cc1F. The minimum atomic E-state index is -3.61. The molecule has 0 radical (unpaired) electrons. The first kappa shape index (κ1) is 26.1. The van der Waals surface area contributed by atoms with Crippen LogP contribution in [0.3, 0.4) is 0 Å². The molecule has 192 valence electrons. The van der Waals surface area contributed by atoms with Gasteiger partial charge >= 0.3 is 0 Å². The molecule has 1 saturated heterocycles. The van der Waals surface area contributed by atoms with Crippen LogP contribution < -0.4 is 4.74 Å². The lowest BCUT2D eigenvalue weighted by atomic mass is 9.82. The summed E-state index contributed by atoms with van der Waals surface area (Å²) in [7, 11) is -3.61. The molecule has 0 saturated carbocycles. The summed E-state index contributed by atoms with van der Waals surface area (Å²) in [5, 5.41) is -0.698. The van der Waals surface area contributed by atoms with E-state index in [1.54, 1.807) is 0 Å². The van der Waals surface area contributed by atoms with Crippen molar-refractivity contribution in [1.29, 1.82) is 0 Å². The molecule has 7 heteroatoms. The highest BCUT2D eigenvalue weighted by atomic mass is 32.2. The van der Waals surface area contributed by atoms with Gasteiger partial charge in [0.15, 0.2) is 9.84 Å². The van der Waals surface area contributed by atoms with E-state index in [4.69, 9.17) is 4.74 Å². The lowest BCUT2D eigenvalue weighted by molar-refractivity contribution is -0.0206. The van der Waals surface area contributed by atoms with Gasteiger partial charge < -0.3 is 9.64 Å². The zero-order chi connectivity index (χ0) is 25.6. The number of benzene rings is 2. The second-order valence-electron chi connectivity index (χ2n) is 11.7. The fraction of sp³-hybridized carbons (Fsp3) is 0.571. The van der Waals surface area contributed by atoms with Crippen molar-refractivity contribution in [3.8, 4) is 16.9 Å². The Morgan fingerprint density at radius 3 is 2.20 bits per heavy atom. The van der Waals surface area contributed by atoms with E-state index in [1.807, 2.05) is 18.2 Å². The van der Waals surface area contributed by atoms with E-state index < -0.39 is 38.0 Å². The molecule has 2 aliphatic heterocycles. The van der Waals surface area contributed by atoms with Crippen LogP contribution >= 0.6 is 0 Å². The molecule has 2 aromatic carbocycles. The van der Waals surface area contributed by atoms with Crippen molar-refractivity contribution in [2.45, 2.75) is 76.9 Å². The van der Waals surface area contributed by atoms with Gasteiger partial charge in [-0.1, -0.05) is 26.8 Å². The summed E-state index contributed by atoms with van der Waals surface area (Å²) in [6.07, 6.45) is 3.79. The molecule has 0 atom stereocenters. The summed E-state index contributed by atoms with van der Waals surface area (Å²) in [5.41, 5.74) is 1.87. The molecule has 0 bridgehead atoms. The summed E-state index contributed by atoms with van der Waals surface area (Å²) in [6.45, 7) is 13.0. The first-order valence-electron chi connectivity index (χ1n) is 12.5. The normalized spacial score (nSPS) is 18.5. The first-order valence-corrected chi connectivity index (χ1v) is 14.2. The third-order valence-corrected chi connectivity index (χ3v) is 9.37. The van der Waals surface area contributed by atoms with Gasteiger partial charge in [-0.3, -0.25) is 0 Å². The van der Waals surface area contributed by atoms with E-state index in [-0.39, 0.29) is 11.0 Å². The number of aryl methyl sites for hydroxylation is 1. The first-order chi connectivity index (χ1) is 16.3. The van der Waals surface area contributed by atoms with Crippen molar-refractivity contribution in [3.05, 3.63) is 53.1 Å². The third kappa shape index (κ3) is 5.88. The Morgan fingerprint density at radius 2 is 1.63 bits per heavy atom. The summed E-state index contributed by atoms with van der Waals surface area (Å²) in [4.78, 5) is 2.52. The third-order valence-electron chi connectivity index (χ3n) is 7.24. The van der Waals surface area contributed by atoms with Gasteiger partial charge in [-0.2, -0.15) is 0 Å². The molecule has 2 aromatic rings. The maximum Gasteiger partial charge on any atom is 0.156 e. The van der Waals surface area contributed by atoms with Crippen LogP contribution in [0.15, 0.2) is 30.3 Å². The van der Waals surface area contributed by atoms with Crippen LogP contribution in [0.5, 0.6) is 5.75 Å². The van der Waals surface area contributed by atoms with Gasteiger partial charge in [-0.25, -0.2) is 17.2 Å². The Balaban J connectivity index is 1.50. The molecule has 2 heterocycles. The highest BCUT2D eigenvalue weighted by molar-refractivity contribution is 7.91. The highest BCUT2D eigenvalue weighted by Crippen LogP contribution is 2.41. The Morgan fingerprint density at radius 1 is 1.00 bits per heavy atom. The van der Waals surface area contributed by atoms with Crippen LogP contribution in [0.25, 0.3) is 11.1 Å². The lowest BCUT2D eigenvalue weighted by Gasteiger charge is -2.45. The quantitative estimate of drug-likeness (QED) is 0.488. The molecular formula is C28H37F2NO3S. The average molecular weight is 506 g/mol. The molecule has 0 amide bonds. The van der Waals surface area contributed by atoms with Crippen LogP contribution in [0.2, 0.25) is 0 Å². The van der Waals surface area contributed by atoms with Gasteiger partial charge in [-0.15, -0.1) is 0 Å². The zero-order valence-electron chi connectivity index (χ0n) is 21.5. The minimum Gasteiger partial charge on any atom is -0.487 e. The van der Waals surface area contributed by atoms with E-state index in [2.05, 4.69) is 25.7 Å². The summed E-state index contributed by atoms with van der Waals surface area (Å²) in [6, 6.07) is 8.12. The fourth-order valence-electron chi connectivity index (χ4n) is 5.12. The topological polar surface area (TPSA) is 46.6 Å². The maximum atomic E-state index is 14.8. The Labute approximate surface area is 208 Å². The standard InChI is InChI=1S/C28H37F2NO3S/c1-19(2)35(32,33)17-23-24(29)15-22(16-25(23)30)20-6-7-26-21(14-20)8-9-28(34-26)10-12-31(13-11-28)18-27(3,4)5/h6-7,14-16,19H,8-13,17-18H2,1-5H3. The molecule has 35 heavy (non-hydrogen) atoms. The molecule has 0 aliphatic carbocycles. The second-order valence-corrected chi connectivity index (χ2v) is 14.3. The van der Waals surface area contributed by atoms with Crippen LogP contribution in [0, 0.1) is 17.0 Å². The number of sulfone groups is 1. The number of halogens is 2. The predicted octanol–water partition coefficient (Wildman–Crippen LogP) is 6.16. The predicted molar refractivity (Wildman–Crippen MR) is 136 cm³/mol. The number of likely N-dealkylation sites (tertiary alicyclic amines) is 1. The van der Waals surface area contributed by atoms with Crippen molar-refractivity contribution in [3.63, 3.8) is 0 Å². The molecule has 4 nitrogen and oxygen atoms in total. The van der Waals surface area contributed by atoms with Gasteiger partial charge in [0.25, 0.3) is 0 Å². The van der Waals surface area contributed by atoms with E-state index in [9.17, 15) is 17.2 Å². The molecule has 1 spiro atoms. The molecule has 0 N–H and O–H groups in total. The highest BCUT2D eigenvalue weighted by Gasteiger charge is 2.40. The monoisotopic (exact) mass is 505 g/mol. The van der Waals surface area contributed by atoms with Crippen LogP contribution in [0.1, 0.15) is 65.0 Å². The van der Waals surface area contributed by atoms with E-state index in [0.29, 0.717) is 11.1 Å². The number of rotatable bonds is 5. The molecule has 0 aromatic heterocycles. The van der Waals surface area contributed by atoms with E-state index in [0.717, 1.165) is 56.6 Å². The molecule has 0 unspecified atom stereocenters. The Kier molecular flexibility index (Phi) is 7.06. The molecule has 1 fully saturated rings. The van der Waals surface area contributed by atoms with Crippen LogP contribution in [0.4, 0.5) is 8.78 Å². The van der Waals surface area contributed by atoms with Crippen molar-refractivity contribution >= 4 is 9.84 Å². The summed E-state index contributed by atoms with van der Waals surface area (Å²) in [5.74, 6) is -1.46. The average Bonchev–Trinajstić information content (AvgIpc) is 2.76. The number of ether oxygens (including phenoxy) is 1. The minimum absolute atomic E-state index is 0.134. The van der Waals surface area contributed by atoms with Crippen LogP contribution in [-0.2, 0) is 22.0 Å². The number of piperidine rings is 1. The Bertz CT molecular complexity index is 1170. The van der Waals surface area contributed by atoms with E-state index >= 15 is 0 Å². The maximum absolute atomic E-state index is 14.8. The number of hydrogen-bond donors (Lipinski definition) is 0. The van der Waals surface area contributed by atoms with Gasteiger partial charge in [0.05, 0.1) is 11.0 Å².